The van der Waals surface area contributed by atoms with Gasteiger partial charge in [0.05, 0.1) is 6.20 Å². The van der Waals surface area contributed by atoms with Gasteiger partial charge in [-0.2, -0.15) is 5.10 Å². The van der Waals surface area contributed by atoms with Crippen LogP contribution >= 0.6 is 0 Å². The van der Waals surface area contributed by atoms with E-state index in [-0.39, 0.29) is 6.17 Å². The van der Waals surface area contributed by atoms with Gasteiger partial charge in [-0.25, -0.2) is 5.43 Å². The number of dihydropyridines is 1. The molecule has 6 N–H and O–H groups in total. The van der Waals surface area contributed by atoms with E-state index in [1.54, 1.807) is 17.1 Å². The van der Waals surface area contributed by atoms with Gasteiger partial charge in [-0.3, -0.25) is 10.5 Å². The van der Waals surface area contributed by atoms with Crippen LogP contribution in [0.25, 0.3) is 5.57 Å². The van der Waals surface area contributed by atoms with Crippen LogP contribution in [0.4, 0.5) is 0 Å². The third-order valence-electron chi connectivity index (χ3n) is 3.26. The van der Waals surface area contributed by atoms with Gasteiger partial charge in [-0.15, -0.1) is 0 Å². The summed E-state index contributed by atoms with van der Waals surface area (Å²) in [6.45, 7) is 0. The van der Waals surface area contributed by atoms with E-state index in [1.807, 2.05) is 25.5 Å². The molecule has 2 atom stereocenters. The fourth-order valence-electron chi connectivity index (χ4n) is 2.26. The van der Waals surface area contributed by atoms with E-state index in [0.29, 0.717) is 0 Å². The summed E-state index contributed by atoms with van der Waals surface area (Å²) in [6.07, 6.45) is 8.52. The molecule has 2 aliphatic rings. The van der Waals surface area contributed by atoms with Crippen LogP contribution in [0, 0.1) is 0 Å². The van der Waals surface area contributed by atoms with Gasteiger partial charge in [-0.1, -0.05) is 0 Å². The molecule has 2 unspecified atom stereocenters. The number of aliphatic hydroxyl groups is 1. The second kappa shape index (κ2) is 4.54. The summed E-state index contributed by atoms with van der Waals surface area (Å²) in [5.74, 6) is 5.28. The monoisotopic (exact) mass is 260 g/mol. The Kier molecular flexibility index (Phi) is 2.86. The molecule has 0 amide bonds. The Morgan fingerprint density at radius 3 is 2.95 bits per heavy atom. The number of aryl methyl sites for hydroxylation is 1. The molecule has 0 saturated heterocycles. The Labute approximate surface area is 110 Å². The van der Waals surface area contributed by atoms with Crippen molar-refractivity contribution in [3.05, 3.63) is 47.6 Å². The maximum atomic E-state index is 9.81. The first-order chi connectivity index (χ1) is 9.19. The molecule has 0 bridgehead atoms. The number of hydrazine groups is 1. The van der Waals surface area contributed by atoms with Crippen LogP contribution in [-0.2, 0) is 7.05 Å². The van der Waals surface area contributed by atoms with Crippen LogP contribution in [0.15, 0.2) is 42.0 Å². The maximum absolute atomic E-state index is 9.81. The Bertz CT molecular complexity index is 585. The summed E-state index contributed by atoms with van der Waals surface area (Å²) in [5.41, 5.74) is 6.07. The Hall–Kier alpha value is -2.09. The van der Waals surface area contributed by atoms with Crippen molar-refractivity contribution in [2.75, 3.05) is 0 Å². The number of nitrogens with one attached hydrogen (secondary N) is 3. The number of rotatable bonds is 3. The van der Waals surface area contributed by atoms with Crippen LogP contribution in [0.1, 0.15) is 5.56 Å². The Morgan fingerprint density at radius 2 is 2.26 bits per heavy atom. The quantitative estimate of drug-likeness (QED) is 0.268. The molecule has 0 radical (unpaired) electrons. The zero-order valence-corrected chi connectivity index (χ0v) is 10.5. The highest BCUT2D eigenvalue weighted by atomic mass is 16.3. The van der Waals surface area contributed by atoms with Gasteiger partial charge in [0.1, 0.15) is 12.4 Å². The Morgan fingerprint density at radius 1 is 1.47 bits per heavy atom. The molecule has 19 heavy (non-hydrogen) atoms. The second-order valence-corrected chi connectivity index (χ2v) is 4.54. The number of nitrogens with zero attached hydrogens (tertiary/aromatic N) is 2. The van der Waals surface area contributed by atoms with Crippen molar-refractivity contribution in [1.29, 1.82) is 0 Å². The van der Waals surface area contributed by atoms with Crippen molar-refractivity contribution in [2.45, 2.75) is 12.4 Å². The fraction of sp³-hybridized carbons (Fsp3) is 0.250. The normalized spacial score (nSPS) is 22.7. The van der Waals surface area contributed by atoms with Crippen LogP contribution < -0.4 is 21.9 Å². The minimum Gasteiger partial charge on any atom is -0.373 e. The van der Waals surface area contributed by atoms with Crippen LogP contribution in [0.5, 0.6) is 0 Å². The fourth-order valence-corrected chi connectivity index (χ4v) is 2.26. The standard InChI is InChI=1S/C12H16N6O/c1-18-6-8(4-16-18)7-2-9-10(12(19)17-13)5-15-11(9)14-3-7/h2-6,11-12,14-15,17,19H,13H2,1H3. The lowest BCUT2D eigenvalue weighted by Crippen LogP contribution is -2.40. The Balaban J connectivity index is 1.92. The average molecular weight is 260 g/mol. The molecule has 0 spiro atoms. The third kappa shape index (κ3) is 2.03. The molecule has 1 aromatic rings. The lowest BCUT2D eigenvalue weighted by atomic mass is 9.98. The molecular formula is C12H16N6O. The van der Waals surface area contributed by atoms with Gasteiger partial charge >= 0.3 is 0 Å². The van der Waals surface area contributed by atoms with Crippen LogP contribution in [0.3, 0.4) is 0 Å². The van der Waals surface area contributed by atoms with Crippen LogP contribution in [-0.4, -0.2) is 27.3 Å². The number of fused-ring (bicyclic) bond motifs is 1. The summed E-state index contributed by atoms with van der Waals surface area (Å²) >= 11 is 0. The minimum absolute atomic E-state index is 0.0292. The maximum Gasteiger partial charge on any atom is 0.144 e. The van der Waals surface area contributed by atoms with Gasteiger partial charge in [-0.05, 0) is 6.08 Å². The summed E-state index contributed by atoms with van der Waals surface area (Å²) in [7, 11) is 1.88. The minimum atomic E-state index is -0.890. The summed E-state index contributed by atoms with van der Waals surface area (Å²) < 4.78 is 1.75. The van der Waals surface area contributed by atoms with E-state index in [2.05, 4.69) is 21.2 Å². The molecular weight excluding hydrogens is 244 g/mol. The lowest BCUT2D eigenvalue weighted by molar-refractivity contribution is 0.176. The average Bonchev–Trinajstić information content (AvgIpc) is 3.03. The summed E-state index contributed by atoms with van der Waals surface area (Å²) in [5, 5.41) is 20.3. The number of aliphatic hydroxyl groups excluding tert-OH is 1. The molecule has 1 aromatic heterocycles. The zero-order valence-electron chi connectivity index (χ0n) is 10.5. The summed E-state index contributed by atoms with van der Waals surface area (Å²) in [4.78, 5) is 0. The number of nitrogens with two attached hydrogens (primary N) is 1. The molecule has 3 rings (SSSR count). The molecule has 0 aliphatic carbocycles. The number of hydrogen-bond donors (Lipinski definition) is 5. The van der Waals surface area contributed by atoms with Gasteiger partial charge < -0.3 is 15.7 Å². The van der Waals surface area contributed by atoms with E-state index in [9.17, 15) is 5.11 Å². The topological polar surface area (TPSA) is 100 Å². The highest BCUT2D eigenvalue weighted by molar-refractivity contribution is 5.77. The molecule has 0 fully saturated rings. The zero-order chi connectivity index (χ0) is 13.4. The largest absolute Gasteiger partial charge is 0.373 e. The number of hydrogen-bond acceptors (Lipinski definition) is 6. The molecule has 7 nitrogen and oxygen atoms in total. The van der Waals surface area contributed by atoms with E-state index < -0.39 is 6.23 Å². The van der Waals surface area contributed by atoms with Crippen molar-refractivity contribution in [2.24, 2.45) is 12.9 Å². The van der Waals surface area contributed by atoms with Gasteiger partial charge in [0.15, 0.2) is 0 Å². The SMILES string of the molecule is Cn1cc(C2=CNC3NC=C(C(O)NN)C3=C2)cn1. The van der Waals surface area contributed by atoms with Gasteiger partial charge in [0, 0.05) is 47.9 Å². The van der Waals surface area contributed by atoms with Crippen molar-refractivity contribution in [1.82, 2.24) is 25.8 Å². The van der Waals surface area contributed by atoms with E-state index in [1.165, 1.54) is 0 Å². The first-order valence-corrected chi connectivity index (χ1v) is 5.96. The number of allylic oxidation sites excluding steroid dienone is 2. The van der Waals surface area contributed by atoms with E-state index in [4.69, 9.17) is 5.84 Å². The predicted molar refractivity (Wildman–Crippen MR) is 70.7 cm³/mol. The highest BCUT2D eigenvalue weighted by Gasteiger charge is 2.28. The van der Waals surface area contributed by atoms with E-state index >= 15 is 0 Å². The van der Waals surface area contributed by atoms with Crippen LogP contribution in [0.2, 0.25) is 0 Å². The second-order valence-electron chi connectivity index (χ2n) is 4.54. The van der Waals surface area contributed by atoms with Gasteiger partial charge in [0.2, 0.25) is 0 Å². The van der Waals surface area contributed by atoms with Crippen molar-refractivity contribution in [3.8, 4) is 0 Å². The first-order valence-electron chi connectivity index (χ1n) is 5.96. The summed E-state index contributed by atoms with van der Waals surface area (Å²) in [6, 6.07) is 0. The molecule has 7 heteroatoms. The molecule has 0 saturated carbocycles. The van der Waals surface area contributed by atoms with Crippen molar-refractivity contribution in [3.63, 3.8) is 0 Å². The molecule has 0 aromatic carbocycles. The molecule has 100 valence electrons. The smallest absolute Gasteiger partial charge is 0.144 e. The van der Waals surface area contributed by atoms with E-state index in [0.717, 1.165) is 22.3 Å². The lowest BCUT2D eigenvalue weighted by Gasteiger charge is -2.22. The first kappa shape index (κ1) is 12.0. The number of aromatic nitrogens is 2. The van der Waals surface area contributed by atoms with Gasteiger partial charge in [0.25, 0.3) is 0 Å². The highest BCUT2D eigenvalue weighted by Crippen LogP contribution is 2.28. The molecule has 3 heterocycles. The third-order valence-corrected chi connectivity index (χ3v) is 3.26. The van der Waals surface area contributed by atoms with Crippen molar-refractivity contribution >= 4 is 5.57 Å². The molecule has 2 aliphatic heterocycles. The van der Waals surface area contributed by atoms with Crippen molar-refractivity contribution < 1.29 is 5.11 Å². The predicted octanol–water partition coefficient (Wildman–Crippen LogP) is -1.11.